The van der Waals surface area contributed by atoms with Crippen molar-refractivity contribution in [1.82, 2.24) is 9.80 Å². The van der Waals surface area contributed by atoms with Gasteiger partial charge in [0, 0.05) is 26.1 Å². The minimum absolute atomic E-state index is 0.357. The molecular formula is C14H28N2O. The zero-order valence-corrected chi connectivity index (χ0v) is 11.6. The molecule has 0 aromatic heterocycles. The third kappa shape index (κ3) is 6.06. The van der Waals surface area contributed by atoms with E-state index in [0.717, 1.165) is 26.2 Å². The molecule has 0 unspecified atom stereocenters. The molecule has 0 radical (unpaired) electrons. The highest BCUT2D eigenvalue weighted by molar-refractivity contribution is 5.76. The van der Waals surface area contributed by atoms with Crippen molar-refractivity contribution in [3.8, 4) is 0 Å². The summed E-state index contributed by atoms with van der Waals surface area (Å²) in [4.78, 5) is 16.4. The number of likely N-dealkylation sites (tertiary alicyclic amines) is 1. The first-order valence-electron chi connectivity index (χ1n) is 7.20. The van der Waals surface area contributed by atoms with Crippen molar-refractivity contribution in [3.63, 3.8) is 0 Å². The van der Waals surface area contributed by atoms with E-state index in [1.807, 2.05) is 0 Å². The third-order valence-corrected chi connectivity index (χ3v) is 3.56. The third-order valence-electron chi connectivity index (χ3n) is 3.56. The molecule has 0 aliphatic carbocycles. The largest absolute Gasteiger partial charge is 0.343 e. The molecule has 1 fully saturated rings. The molecule has 1 rings (SSSR count). The fraction of sp³-hybridized carbons (Fsp3) is 0.929. The summed E-state index contributed by atoms with van der Waals surface area (Å²) in [6, 6.07) is 0. The molecule has 0 saturated carbocycles. The second kappa shape index (κ2) is 8.51. The maximum absolute atomic E-state index is 12.0. The van der Waals surface area contributed by atoms with Crippen LogP contribution >= 0.6 is 0 Å². The Kier molecular flexibility index (Phi) is 7.25. The number of hydrogen-bond acceptors (Lipinski definition) is 2. The summed E-state index contributed by atoms with van der Waals surface area (Å²) in [5, 5.41) is 0. The minimum atomic E-state index is 0.357. The number of nitrogens with zero attached hydrogens (tertiary/aromatic N) is 2. The van der Waals surface area contributed by atoms with Crippen molar-refractivity contribution in [2.45, 2.75) is 51.9 Å². The molecule has 3 heteroatoms. The highest BCUT2D eigenvalue weighted by Crippen LogP contribution is 2.10. The van der Waals surface area contributed by atoms with E-state index in [-0.39, 0.29) is 0 Å². The highest BCUT2D eigenvalue weighted by Gasteiger charge is 2.15. The van der Waals surface area contributed by atoms with E-state index < -0.39 is 0 Å². The molecule has 1 aliphatic heterocycles. The molecule has 0 atom stereocenters. The SMILES string of the molecule is CCCCN(C)CCC(=O)N1CCCCCC1. The normalized spacial score (nSPS) is 17.2. The molecule has 0 bridgehead atoms. The molecular weight excluding hydrogens is 212 g/mol. The second-order valence-electron chi connectivity index (χ2n) is 5.20. The fourth-order valence-electron chi connectivity index (χ4n) is 2.30. The highest BCUT2D eigenvalue weighted by atomic mass is 16.2. The average Bonchev–Trinajstić information content (AvgIpc) is 2.62. The topological polar surface area (TPSA) is 23.6 Å². The Morgan fingerprint density at radius 1 is 1.12 bits per heavy atom. The number of hydrogen-bond donors (Lipinski definition) is 0. The van der Waals surface area contributed by atoms with Gasteiger partial charge in [0.1, 0.15) is 0 Å². The van der Waals surface area contributed by atoms with E-state index in [4.69, 9.17) is 0 Å². The summed E-state index contributed by atoms with van der Waals surface area (Å²) in [6.45, 7) is 6.20. The Hall–Kier alpha value is -0.570. The quantitative estimate of drug-likeness (QED) is 0.712. The van der Waals surface area contributed by atoms with Gasteiger partial charge in [0.05, 0.1) is 0 Å². The van der Waals surface area contributed by atoms with Crippen LogP contribution in [0.5, 0.6) is 0 Å². The lowest BCUT2D eigenvalue weighted by Gasteiger charge is -2.22. The van der Waals surface area contributed by atoms with Crippen molar-refractivity contribution in [2.24, 2.45) is 0 Å². The monoisotopic (exact) mass is 240 g/mol. The average molecular weight is 240 g/mol. The number of carbonyl (C=O) groups is 1. The molecule has 1 saturated heterocycles. The van der Waals surface area contributed by atoms with Crippen molar-refractivity contribution >= 4 is 5.91 Å². The van der Waals surface area contributed by atoms with Crippen molar-refractivity contribution in [3.05, 3.63) is 0 Å². The standard InChI is InChI=1S/C14H28N2O/c1-3-4-10-15(2)13-9-14(17)16-11-7-5-6-8-12-16/h3-13H2,1-2H3. The molecule has 0 aromatic carbocycles. The van der Waals surface area contributed by atoms with Gasteiger partial charge >= 0.3 is 0 Å². The number of amides is 1. The van der Waals surface area contributed by atoms with Crippen LogP contribution in [0.15, 0.2) is 0 Å². The lowest BCUT2D eigenvalue weighted by molar-refractivity contribution is -0.131. The summed E-state index contributed by atoms with van der Waals surface area (Å²) in [6.07, 6.45) is 8.12. The fourth-order valence-corrected chi connectivity index (χ4v) is 2.30. The first-order chi connectivity index (χ1) is 8.24. The predicted molar refractivity (Wildman–Crippen MR) is 72.1 cm³/mol. The van der Waals surface area contributed by atoms with Crippen molar-refractivity contribution < 1.29 is 4.79 Å². The van der Waals surface area contributed by atoms with Crippen LogP contribution in [-0.4, -0.2) is 48.9 Å². The smallest absolute Gasteiger partial charge is 0.223 e. The van der Waals surface area contributed by atoms with Crippen LogP contribution in [0.4, 0.5) is 0 Å². The Bertz CT molecular complexity index is 210. The van der Waals surface area contributed by atoms with E-state index in [1.165, 1.54) is 38.5 Å². The zero-order valence-electron chi connectivity index (χ0n) is 11.6. The molecule has 100 valence electrons. The van der Waals surface area contributed by atoms with Crippen LogP contribution in [0.25, 0.3) is 0 Å². The summed E-state index contributed by atoms with van der Waals surface area (Å²) < 4.78 is 0. The van der Waals surface area contributed by atoms with E-state index in [1.54, 1.807) is 0 Å². The van der Waals surface area contributed by atoms with Crippen LogP contribution in [0.3, 0.4) is 0 Å². The zero-order chi connectivity index (χ0) is 12.5. The van der Waals surface area contributed by atoms with E-state index in [2.05, 4.69) is 23.8 Å². The second-order valence-corrected chi connectivity index (χ2v) is 5.20. The summed E-state index contributed by atoms with van der Waals surface area (Å²) in [5.74, 6) is 0.357. The van der Waals surface area contributed by atoms with Gasteiger partial charge < -0.3 is 9.80 Å². The van der Waals surface area contributed by atoms with E-state index in [0.29, 0.717) is 12.3 Å². The van der Waals surface area contributed by atoms with Crippen LogP contribution in [-0.2, 0) is 4.79 Å². The number of unbranched alkanes of at least 4 members (excludes halogenated alkanes) is 1. The maximum Gasteiger partial charge on any atom is 0.223 e. The van der Waals surface area contributed by atoms with Gasteiger partial charge in [0.25, 0.3) is 0 Å². The minimum Gasteiger partial charge on any atom is -0.343 e. The number of rotatable bonds is 6. The van der Waals surface area contributed by atoms with Crippen molar-refractivity contribution in [1.29, 1.82) is 0 Å². The molecule has 17 heavy (non-hydrogen) atoms. The van der Waals surface area contributed by atoms with Gasteiger partial charge in [-0.3, -0.25) is 4.79 Å². The van der Waals surface area contributed by atoms with Crippen molar-refractivity contribution in [2.75, 3.05) is 33.2 Å². The van der Waals surface area contributed by atoms with Gasteiger partial charge in [-0.05, 0) is 32.9 Å². The van der Waals surface area contributed by atoms with Gasteiger partial charge in [-0.25, -0.2) is 0 Å². The Labute approximate surface area is 106 Å². The summed E-state index contributed by atoms with van der Waals surface area (Å²) in [5.41, 5.74) is 0. The van der Waals surface area contributed by atoms with Gasteiger partial charge in [0.2, 0.25) is 5.91 Å². The molecule has 0 spiro atoms. The Morgan fingerprint density at radius 3 is 2.35 bits per heavy atom. The van der Waals surface area contributed by atoms with Crippen LogP contribution in [0.1, 0.15) is 51.9 Å². The molecule has 0 N–H and O–H groups in total. The Morgan fingerprint density at radius 2 is 1.76 bits per heavy atom. The maximum atomic E-state index is 12.0. The summed E-state index contributed by atoms with van der Waals surface area (Å²) >= 11 is 0. The van der Waals surface area contributed by atoms with Crippen LogP contribution in [0, 0.1) is 0 Å². The molecule has 1 amide bonds. The van der Waals surface area contributed by atoms with Gasteiger partial charge in [-0.2, -0.15) is 0 Å². The number of carbonyl (C=O) groups excluding carboxylic acids is 1. The lowest BCUT2D eigenvalue weighted by atomic mass is 10.2. The van der Waals surface area contributed by atoms with Crippen LogP contribution < -0.4 is 0 Å². The van der Waals surface area contributed by atoms with Gasteiger partial charge in [0.15, 0.2) is 0 Å². The van der Waals surface area contributed by atoms with Crippen LogP contribution in [0.2, 0.25) is 0 Å². The first kappa shape index (κ1) is 14.5. The Balaban J connectivity index is 2.18. The predicted octanol–water partition coefficient (Wildman–Crippen LogP) is 2.51. The van der Waals surface area contributed by atoms with E-state index >= 15 is 0 Å². The van der Waals surface area contributed by atoms with Gasteiger partial charge in [-0.1, -0.05) is 26.2 Å². The summed E-state index contributed by atoms with van der Waals surface area (Å²) in [7, 11) is 2.12. The molecule has 1 heterocycles. The lowest BCUT2D eigenvalue weighted by Crippen LogP contribution is -2.34. The van der Waals surface area contributed by atoms with Gasteiger partial charge in [-0.15, -0.1) is 0 Å². The molecule has 0 aromatic rings. The molecule has 3 nitrogen and oxygen atoms in total. The molecule has 1 aliphatic rings. The van der Waals surface area contributed by atoms with E-state index in [9.17, 15) is 4.79 Å². The first-order valence-corrected chi connectivity index (χ1v) is 7.20.